The Kier molecular flexibility index (Phi) is 6.88. The maximum absolute atomic E-state index is 9.05. The molecule has 19 heavy (non-hydrogen) atoms. The number of aliphatic hydroxyl groups excluding tert-OH is 1. The fraction of sp³-hybridized carbons (Fsp3) is 0.750. The van der Waals surface area contributed by atoms with Crippen molar-refractivity contribution in [3.63, 3.8) is 0 Å². The van der Waals surface area contributed by atoms with Crippen molar-refractivity contribution in [2.24, 2.45) is 0 Å². The maximum atomic E-state index is 9.05. The predicted molar refractivity (Wildman–Crippen MR) is 74.7 cm³/mol. The molecule has 0 aliphatic heterocycles. The molecule has 0 fully saturated rings. The Morgan fingerprint density at radius 2 is 2.00 bits per heavy atom. The van der Waals surface area contributed by atoms with Crippen molar-refractivity contribution in [3.8, 4) is 6.01 Å². The van der Waals surface area contributed by atoms with E-state index in [0.29, 0.717) is 37.6 Å². The minimum atomic E-state index is 0.0568. The topological polar surface area (TPSA) is 83.4 Å². The number of rotatable bonds is 9. The van der Waals surface area contributed by atoms with Crippen LogP contribution in [-0.2, 0) is 0 Å². The van der Waals surface area contributed by atoms with Crippen LogP contribution < -0.4 is 15.0 Å². The van der Waals surface area contributed by atoms with Gasteiger partial charge in [0.15, 0.2) is 0 Å². The smallest absolute Gasteiger partial charge is 0.323 e. The number of aliphatic hydroxyl groups is 1. The lowest BCUT2D eigenvalue weighted by molar-refractivity contribution is 0.289. The largest absolute Gasteiger partial charge is 0.463 e. The van der Waals surface area contributed by atoms with Gasteiger partial charge in [-0.15, -0.1) is 0 Å². The molecule has 108 valence electrons. The van der Waals surface area contributed by atoms with Crippen LogP contribution in [0.5, 0.6) is 6.01 Å². The van der Waals surface area contributed by atoms with Crippen molar-refractivity contribution in [1.29, 1.82) is 0 Å². The van der Waals surface area contributed by atoms with Gasteiger partial charge in [-0.1, -0.05) is 6.92 Å². The van der Waals surface area contributed by atoms with E-state index < -0.39 is 0 Å². The molecule has 0 aliphatic carbocycles. The lowest BCUT2D eigenvalue weighted by atomic mass is 10.5. The third kappa shape index (κ3) is 4.86. The van der Waals surface area contributed by atoms with E-state index in [2.05, 4.69) is 20.3 Å². The Bertz CT molecular complexity index is 375. The molecule has 0 saturated carbocycles. The summed E-state index contributed by atoms with van der Waals surface area (Å²) >= 11 is 0. The number of hydrogen-bond donors (Lipinski definition) is 2. The third-order valence-electron chi connectivity index (χ3n) is 2.41. The molecule has 0 saturated heterocycles. The molecular weight excluding hydrogens is 246 g/mol. The summed E-state index contributed by atoms with van der Waals surface area (Å²) in [6.07, 6.45) is 0.895. The Labute approximate surface area is 114 Å². The number of hydrogen-bond acceptors (Lipinski definition) is 7. The van der Waals surface area contributed by atoms with Gasteiger partial charge in [-0.05, 0) is 20.3 Å². The Morgan fingerprint density at radius 3 is 2.58 bits per heavy atom. The lowest BCUT2D eigenvalue weighted by Gasteiger charge is -2.20. The second kappa shape index (κ2) is 8.47. The maximum Gasteiger partial charge on any atom is 0.323 e. The summed E-state index contributed by atoms with van der Waals surface area (Å²) in [7, 11) is 0. The average Bonchev–Trinajstić information content (AvgIpc) is 2.42. The van der Waals surface area contributed by atoms with Crippen LogP contribution in [-0.4, -0.2) is 52.9 Å². The summed E-state index contributed by atoms with van der Waals surface area (Å²) in [5.41, 5.74) is 0. The van der Waals surface area contributed by atoms with Gasteiger partial charge < -0.3 is 20.1 Å². The second-order valence-electron chi connectivity index (χ2n) is 3.92. The first kappa shape index (κ1) is 15.4. The minimum Gasteiger partial charge on any atom is -0.463 e. The standard InChI is InChI=1S/C12H23N5O2/c1-4-9-19-12-15-10(13-5-2)14-11(16-12)17(6-3)7-8-18/h18H,4-9H2,1-3H3,(H,13,14,15,16). The summed E-state index contributed by atoms with van der Waals surface area (Å²) < 4.78 is 5.46. The van der Waals surface area contributed by atoms with E-state index in [1.165, 1.54) is 0 Å². The number of ether oxygens (including phenoxy) is 1. The van der Waals surface area contributed by atoms with E-state index in [1.54, 1.807) is 0 Å². The summed E-state index contributed by atoms with van der Waals surface area (Å²) in [5.74, 6) is 1.02. The molecule has 1 aromatic heterocycles. The molecule has 0 aliphatic rings. The van der Waals surface area contributed by atoms with Crippen LogP contribution in [0, 0.1) is 0 Å². The Morgan fingerprint density at radius 1 is 1.21 bits per heavy atom. The molecule has 7 heteroatoms. The van der Waals surface area contributed by atoms with Crippen molar-refractivity contribution < 1.29 is 9.84 Å². The average molecular weight is 269 g/mol. The highest BCUT2D eigenvalue weighted by atomic mass is 16.5. The highest BCUT2D eigenvalue weighted by molar-refractivity contribution is 5.38. The molecule has 0 aromatic carbocycles. The summed E-state index contributed by atoms with van der Waals surface area (Å²) in [5, 5.41) is 12.1. The molecule has 7 nitrogen and oxygen atoms in total. The van der Waals surface area contributed by atoms with E-state index >= 15 is 0 Å². The molecule has 0 radical (unpaired) electrons. The normalized spacial score (nSPS) is 10.3. The van der Waals surface area contributed by atoms with Gasteiger partial charge in [0.25, 0.3) is 0 Å². The quantitative estimate of drug-likeness (QED) is 0.689. The van der Waals surface area contributed by atoms with Gasteiger partial charge in [0, 0.05) is 19.6 Å². The van der Waals surface area contributed by atoms with Crippen LogP contribution in [0.1, 0.15) is 27.2 Å². The molecule has 1 heterocycles. The number of nitrogens with zero attached hydrogens (tertiary/aromatic N) is 4. The first-order valence-corrected chi connectivity index (χ1v) is 6.73. The van der Waals surface area contributed by atoms with Gasteiger partial charge in [0.2, 0.25) is 11.9 Å². The summed E-state index contributed by atoms with van der Waals surface area (Å²) in [6.45, 7) is 8.53. The van der Waals surface area contributed by atoms with E-state index in [-0.39, 0.29) is 6.61 Å². The van der Waals surface area contributed by atoms with Crippen molar-refractivity contribution in [2.45, 2.75) is 27.2 Å². The van der Waals surface area contributed by atoms with Crippen LogP contribution in [0.4, 0.5) is 11.9 Å². The third-order valence-corrected chi connectivity index (χ3v) is 2.41. The van der Waals surface area contributed by atoms with Crippen molar-refractivity contribution >= 4 is 11.9 Å². The van der Waals surface area contributed by atoms with Gasteiger partial charge in [-0.3, -0.25) is 0 Å². The molecule has 0 bridgehead atoms. The van der Waals surface area contributed by atoms with Gasteiger partial charge in [-0.2, -0.15) is 15.0 Å². The predicted octanol–water partition coefficient (Wildman–Crippen LogP) is 0.911. The zero-order valence-electron chi connectivity index (χ0n) is 11.9. The first-order chi connectivity index (χ1) is 9.24. The number of likely N-dealkylation sites (N-methyl/N-ethyl adjacent to an activating group) is 1. The van der Waals surface area contributed by atoms with Crippen LogP contribution in [0.25, 0.3) is 0 Å². The fourth-order valence-electron chi connectivity index (χ4n) is 1.50. The molecule has 0 amide bonds. The van der Waals surface area contributed by atoms with Gasteiger partial charge in [0.05, 0.1) is 13.2 Å². The first-order valence-electron chi connectivity index (χ1n) is 6.73. The van der Waals surface area contributed by atoms with Crippen LogP contribution in [0.2, 0.25) is 0 Å². The van der Waals surface area contributed by atoms with Crippen LogP contribution >= 0.6 is 0 Å². The zero-order chi connectivity index (χ0) is 14.1. The summed E-state index contributed by atoms with van der Waals surface area (Å²) in [6, 6.07) is 0.319. The van der Waals surface area contributed by atoms with Gasteiger partial charge >= 0.3 is 6.01 Å². The molecular formula is C12H23N5O2. The number of nitrogens with one attached hydrogen (secondary N) is 1. The van der Waals surface area contributed by atoms with E-state index in [1.807, 2.05) is 25.7 Å². The zero-order valence-corrected chi connectivity index (χ0v) is 11.9. The molecule has 0 unspecified atom stereocenters. The Balaban J connectivity index is 2.96. The summed E-state index contributed by atoms with van der Waals surface area (Å²) in [4.78, 5) is 14.7. The van der Waals surface area contributed by atoms with E-state index in [0.717, 1.165) is 13.0 Å². The van der Waals surface area contributed by atoms with Crippen molar-refractivity contribution in [2.75, 3.05) is 43.1 Å². The van der Waals surface area contributed by atoms with Crippen molar-refractivity contribution in [1.82, 2.24) is 15.0 Å². The fourth-order valence-corrected chi connectivity index (χ4v) is 1.50. The molecule has 0 atom stereocenters. The molecule has 0 spiro atoms. The molecule has 1 aromatic rings. The van der Waals surface area contributed by atoms with E-state index in [4.69, 9.17) is 9.84 Å². The lowest BCUT2D eigenvalue weighted by Crippen LogP contribution is -2.28. The van der Waals surface area contributed by atoms with E-state index in [9.17, 15) is 0 Å². The van der Waals surface area contributed by atoms with Gasteiger partial charge in [-0.25, -0.2) is 0 Å². The van der Waals surface area contributed by atoms with Crippen LogP contribution in [0.15, 0.2) is 0 Å². The highest BCUT2D eigenvalue weighted by Crippen LogP contribution is 2.14. The van der Waals surface area contributed by atoms with Crippen LogP contribution in [0.3, 0.4) is 0 Å². The second-order valence-corrected chi connectivity index (χ2v) is 3.92. The number of aromatic nitrogens is 3. The minimum absolute atomic E-state index is 0.0568. The highest BCUT2D eigenvalue weighted by Gasteiger charge is 2.12. The molecule has 2 N–H and O–H groups in total. The van der Waals surface area contributed by atoms with Gasteiger partial charge in [0.1, 0.15) is 0 Å². The monoisotopic (exact) mass is 269 g/mol. The SMILES string of the molecule is CCCOc1nc(NCC)nc(N(CC)CCO)n1. The Hall–Kier alpha value is -1.63. The van der Waals surface area contributed by atoms with Crippen molar-refractivity contribution in [3.05, 3.63) is 0 Å². The number of anilines is 2. The molecule has 1 rings (SSSR count).